The van der Waals surface area contributed by atoms with E-state index in [9.17, 15) is 29.6 Å². The number of para-hydroxylation sites is 1. The third-order valence-corrected chi connectivity index (χ3v) is 5.20. The van der Waals surface area contributed by atoms with Crippen LogP contribution in [0.15, 0.2) is 28.7 Å². The molecule has 1 atom stereocenters. The number of nitrogens with one attached hydrogen (secondary N) is 1. The van der Waals surface area contributed by atoms with Crippen molar-refractivity contribution >= 4 is 47.1 Å². The van der Waals surface area contributed by atoms with Crippen molar-refractivity contribution in [3.05, 3.63) is 40.4 Å². The number of oxime groups is 1. The van der Waals surface area contributed by atoms with Crippen LogP contribution < -0.4 is 15.7 Å². The highest BCUT2D eigenvalue weighted by Gasteiger charge is 2.39. The molecule has 6 N–H and O–H groups in total. The van der Waals surface area contributed by atoms with Crippen LogP contribution in [-0.2, 0) is 20.8 Å². The lowest BCUT2D eigenvalue weighted by molar-refractivity contribution is -0.161. The van der Waals surface area contributed by atoms with Gasteiger partial charge in [-0.2, -0.15) is 0 Å². The first-order chi connectivity index (χ1) is 15.0. The van der Waals surface area contributed by atoms with Gasteiger partial charge in [0.1, 0.15) is 11.4 Å². The maximum Gasteiger partial charge on any atom is 0.547 e. The quantitative estimate of drug-likeness (QED) is 0.215. The van der Waals surface area contributed by atoms with Crippen molar-refractivity contribution in [3.63, 3.8) is 0 Å². The van der Waals surface area contributed by atoms with E-state index in [2.05, 4.69) is 15.5 Å². The van der Waals surface area contributed by atoms with Gasteiger partial charge < -0.3 is 35.8 Å². The molecule has 14 heteroatoms. The van der Waals surface area contributed by atoms with E-state index in [4.69, 9.17) is 15.2 Å². The summed E-state index contributed by atoms with van der Waals surface area (Å²) in [6.07, 6.45) is 0.0668. The molecule has 3 rings (SSSR count). The summed E-state index contributed by atoms with van der Waals surface area (Å²) < 4.78 is 5.35. The number of rotatable bonds is 7. The van der Waals surface area contributed by atoms with E-state index in [0.29, 0.717) is 5.56 Å². The maximum absolute atomic E-state index is 12.9. The van der Waals surface area contributed by atoms with Crippen LogP contribution in [0.1, 0.15) is 35.5 Å². The van der Waals surface area contributed by atoms with E-state index in [1.807, 2.05) is 0 Å². The summed E-state index contributed by atoms with van der Waals surface area (Å²) in [7, 11) is -1.55. The molecule has 2 aromatic rings. The first-order valence-corrected chi connectivity index (χ1v) is 10.1. The predicted octanol–water partition coefficient (Wildman–Crippen LogP) is 0.147. The Morgan fingerprint density at radius 3 is 2.69 bits per heavy atom. The van der Waals surface area contributed by atoms with E-state index in [0.717, 1.165) is 11.3 Å². The molecule has 0 spiro atoms. The minimum Gasteiger partial charge on any atom is -0.534 e. The Labute approximate surface area is 185 Å². The highest BCUT2D eigenvalue weighted by atomic mass is 32.1. The molecule has 0 saturated carbocycles. The number of nitrogen functional groups attached to an aromatic ring is 1. The van der Waals surface area contributed by atoms with Gasteiger partial charge in [-0.25, -0.2) is 14.6 Å². The zero-order valence-electron chi connectivity index (χ0n) is 16.9. The standard InChI is InChI=1S/C18H19BN4O8S/c1-18(2,16(27)28)31-23-12(10-7-32-17(20)21-10)14(24)22-11-6-8-4-3-5-9(15(25)26)13(8)30-19(11)29/h3-5,7,11,29H,6H2,1-2H3,(H2,20,21)(H,22,24)(H,25,26)(H,27,28)/b23-12-. The molecule has 1 unspecified atom stereocenters. The minimum atomic E-state index is -1.73. The second-order valence-corrected chi connectivity index (χ2v) is 8.20. The summed E-state index contributed by atoms with van der Waals surface area (Å²) in [5.41, 5.74) is 3.94. The molecule has 0 bridgehead atoms. The second-order valence-electron chi connectivity index (χ2n) is 7.31. The molecule has 1 aliphatic rings. The number of carbonyl (C=O) groups is 3. The number of aromatic nitrogens is 1. The van der Waals surface area contributed by atoms with Crippen LogP contribution in [0.2, 0.25) is 0 Å². The molecule has 168 valence electrons. The van der Waals surface area contributed by atoms with Crippen LogP contribution in [0, 0.1) is 0 Å². The Kier molecular flexibility index (Phi) is 6.36. The fourth-order valence-electron chi connectivity index (χ4n) is 2.75. The summed E-state index contributed by atoms with van der Waals surface area (Å²) in [6, 6.07) is 4.47. The molecule has 1 amide bonds. The van der Waals surface area contributed by atoms with Crippen LogP contribution >= 0.6 is 11.3 Å². The van der Waals surface area contributed by atoms with Crippen molar-refractivity contribution in [1.82, 2.24) is 10.3 Å². The zero-order chi connectivity index (χ0) is 23.6. The summed E-state index contributed by atoms with van der Waals surface area (Å²) in [4.78, 5) is 44.6. The molecule has 12 nitrogen and oxygen atoms in total. The predicted molar refractivity (Wildman–Crippen MR) is 114 cm³/mol. The third-order valence-electron chi connectivity index (χ3n) is 4.53. The molecule has 2 heterocycles. The van der Waals surface area contributed by atoms with Gasteiger partial charge in [0.05, 0.1) is 11.5 Å². The zero-order valence-corrected chi connectivity index (χ0v) is 17.8. The molecule has 0 saturated heterocycles. The second kappa shape index (κ2) is 8.84. The number of fused-ring (bicyclic) bond motifs is 1. The normalized spacial score (nSPS) is 16.0. The average molecular weight is 462 g/mol. The number of hydrogen-bond donors (Lipinski definition) is 5. The van der Waals surface area contributed by atoms with Gasteiger partial charge in [-0.3, -0.25) is 4.79 Å². The molecule has 32 heavy (non-hydrogen) atoms. The maximum atomic E-state index is 12.9. The molecule has 1 aromatic carbocycles. The summed E-state index contributed by atoms with van der Waals surface area (Å²) in [5, 5.41) is 36.6. The Morgan fingerprint density at radius 1 is 1.38 bits per heavy atom. The number of benzene rings is 1. The fourth-order valence-corrected chi connectivity index (χ4v) is 3.30. The van der Waals surface area contributed by atoms with E-state index in [1.54, 1.807) is 6.07 Å². The van der Waals surface area contributed by atoms with Crippen LogP contribution in [0.5, 0.6) is 5.75 Å². The largest absolute Gasteiger partial charge is 0.547 e. The number of carboxylic acid groups (broad SMARTS) is 2. The minimum absolute atomic E-state index is 0.0192. The summed E-state index contributed by atoms with van der Waals surface area (Å²) in [5.74, 6) is -4.30. The van der Waals surface area contributed by atoms with Crippen LogP contribution in [0.3, 0.4) is 0 Å². The lowest BCUT2D eigenvalue weighted by Gasteiger charge is -2.28. The SMILES string of the molecule is CC(C)(O/N=C(\C(=O)NC1Cc2cccc(C(=O)O)c2OB1O)c1csc(N)n1)C(=O)O. The number of aromatic carboxylic acids is 1. The van der Waals surface area contributed by atoms with E-state index >= 15 is 0 Å². The number of carboxylic acids is 2. The van der Waals surface area contributed by atoms with Gasteiger partial charge in [0.2, 0.25) is 5.60 Å². The number of amides is 1. The number of aliphatic carboxylic acids is 1. The Bertz CT molecular complexity index is 1100. The van der Waals surface area contributed by atoms with Crippen LogP contribution in [-0.4, -0.2) is 62.4 Å². The summed E-state index contributed by atoms with van der Waals surface area (Å²) in [6.45, 7) is 2.50. The third kappa shape index (κ3) is 4.81. The number of nitrogens with two attached hydrogens (primary N) is 1. The van der Waals surface area contributed by atoms with E-state index in [1.165, 1.54) is 31.4 Å². The van der Waals surface area contributed by atoms with Crippen LogP contribution in [0.4, 0.5) is 5.13 Å². The van der Waals surface area contributed by atoms with Gasteiger partial charge in [-0.1, -0.05) is 17.3 Å². The van der Waals surface area contributed by atoms with Gasteiger partial charge in [-0.05, 0) is 31.9 Å². The molecule has 1 aromatic heterocycles. The van der Waals surface area contributed by atoms with Gasteiger partial charge in [-0.15, -0.1) is 11.3 Å². The molecule has 0 radical (unpaired) electrons. The van der Waals surface area contributed by atoms with Crippen molar-refractivity contribution in [3.8, 4) is 5.75 Å². The lowest BCUT2D eigenvalue weighted by atomic mass is 9.72. The monoisotopic (exact) mass is 462 g/mol. The van der Waals surface area contributed by atoms with Gasteiger partial charge in [0.15, 0.2) is 10.8 Å². The van der Waals surface area contributed by atoms with Gasteiger partial charge in [0, 0.05) is 5.38 Å². The summed E-state index contributed by atoms with van der Waals surface area (Å²) >= 11 is 1.04. The highest BCUT2D eigenvalue weighted by molar-refractivity contribution is 7.13. The van der Waals surface area contributed by atoms with Crippen molar-refractivity contribution in [1.29, 1.82) is 0 Å². The number of carbonyl (C=O) groups excluding carboxylic acids is 1. The first-order valence-electron chi connectivity index (χ1n) is 9.21. The highest BCUT2D eigenvalue weighted by Crippen LogP contribution is 2.30. The smallest absolute Gasteiger partial charge is 0.534 e. The Morgan fingerprint density at radius 2 is 2.09 bits per heavy atom. The lowest BCUT2D eigenvalue weighted by Crippen LogP contribution is -2.54. The topological polar surface area (TPSA) is 194 Å². The number of nitrogens with zero attached hydrogens (tertiary/aromatic N) is 2. The van der Waals surface area contributed by atoms with Crippen molar-refractivity contribution in [2.45, 2.75) is 31.8 Å². The van der Waals surface area contributed by atoms with Gasteiger partial charge >= 0.3 is 19.1 Å². The number of anilines is 1. The number of hydrogen-bond acceptors (Lipinski definition) is 10. The molecular weight excluding hydrogens is 443 g/mol. The molecule has 0 fully saturated rings. The Hall–Kier alpha value is -3.65. The van der Waals surface area contributed by atoms with Crippen LogP contribution in [0.25, 0.3) is 0 Å². The Balaban J connectivity index is 1.85. The van der Waals surface area contributed by atoms with E-state index in [-0.39, 0.29) is 34.3 Å². The number of thiazole rings is 1. The van der Waals surface area contributed by atoms with Crippen molar-refractivity contribution in [2.75, 3.05) is 5.73 Å². The van der Waals surface area contributed by atoms with Crippen molar-refractivity contribution < 1.29 is 39.1 Å². The van der Waals surface area contributed by atoms with Gasteiger partial charge in [0.25, 0.3) is 5.91 Å². The molecular formula is C18H19BN4O8S. The molecule has 0 aliphatic carbocycles. The first kappa shape index (κ1) is 23.0. The molecule has 1 aliphatic heterocycles. The van der Waals surface area contributed by atoms with Crippen molar-refractivity contribution in [2.24, 2.45) is 5.16 Å². The average Bonchev–Trinajstić information content (AvgIpc) is 3.13. The fraction of sp³-hybridized carbons (Fsp3) is 0.278. The van der Waals surface area contributed by atoms with E-state index < -0.39 is 36.5 Å².